The number of carboxylic acid groups (broad SMARTS) is 1. The van der Waals surface area contributed by atoms with E-state index in [9.17, 15) is 27.1 Å². The molecule has 2 atom stereocenters. The minimum absolute atomic E-state index is 0.00911. The molecule has 42 heavy (non-hydrogen) atoms. The number of hydrogen-bond acceptors (Lipinski definition) is 7. The number of rotatable bonds is 7. The summed E-state index contributed by atoms with van der Waals surface area (Å²) in [5.41, 5.74) is 3.70. The first-order valence-electron chi connectivity index (χ1n) is 13.7. The molecule has 10 nitrogen and oxygen atoms in total. The lowest BCUT2D eigenvalue weighted by molar-refractivity contribution is -0.137. The molecular weight excluding hydrogens is 566 g/mol. The number of carboxylic acids is 1. The Hall–Kier alpha value is -3.97. The third-order valence-corrected chi connectivity index (χ3v) is 10.2. The summed E-state index contributed by atoms with van der Waals surface area (Å²) >= 11 is 0. The maximum Gasteiger partial charge on any atom is 0.304 e. The summed E-state index contributed by atoms with van der Waals surface area (Å²) in [6, 6.07) is 10.4. The first-order valence-corrected chi connectivity index (χ1v) is 15.2. The fourth-order valence-electron chi connectivity index (χ4n) is 6.22. The van der Waals surface area contributed by atoms with E-state index in [1.807, 2.05) is 25.1 Å². The molecule has 4 aromatic rings. The molecule has 1 fully saturated rings. The molecule has 1 N–H and O–H groups in total. The van der Waals surface area contributed by atoms with Gasteiger partial charge in [-0.2, -0.15) is 4.31 Å². The zero-order valence-corrected chi connectivity index (χ0v) is 23.9. The van der Waals surface area contributed by atoms with E-state index < -0.39 is 34.2 Å². The standard InChI is InChI=1S/C29H30F2N6O4S/c1-17-7-8-19(23(14-25(38)39)22-9-12-37-27(18(22)2)33-34-29(37)26(30)31)13-20(17)15-35-16-21-5-4-11-36(21)28-24(42(35,40)41)6-3-10-32-28/h3,6-10,12-13,21,23,26H,4-5,11,14-16H2,1-2H3,(H,38,39)/t21-,23-/m1/s1. The molecule has 6 rings (SSSR count). The monoisotopic (exact) mass is 596 g/mol. The number of aromatic nitrogens is 4. The molecule has 2 aliphatic rings. The molecule has 1 saturated heterocycles. The number of hydrogen-bond donors (Lipinski definition) is 1. The van der Waals surface area contributed by atoms with Gasteiger partial charge in [0.25, 0.3) is 6.43 Å². The highest BCUT2D eigenvalue weighted by molar-refractivity contribution is 7.89. The number of sulfonamides is 1. The molecule has 0 spiro atoms. The van der Waals surface area contributed by atoms with Crippen LogP contribution in [0.15, 0.2) is 53.7 Å². The van der Waals surface area contributed by atoms with Crippen molar-refractivity contribution in [2.24, 2.45) is 0 Å². The average Bonchev–Trinajstić information content (AvgIpc) is 3.59. The van der Waals surface area contributed by atoms with E-state index in [4.69, 9.17) is 0 Å². The molecule has 0 aliphatic carbocycles. The number of aryl methyl sites for hydroxylation is 2. The number of nitrogens with zero attached hydrogens (tertiary/aromatic N) is 6. The van der Waals surface area contributed by atoms with Gasteiger partial charge in [0.2, 0.25) is 15.8 Å². The highest BCUT2D eigenvalue weighted by atomic mass is 32.2. The van der Waals surface area contributed by atoms with E-state index >= 15 is 0 Å². The summed E-state index contributed by atoms with van der Waals surface area (Å²) in [5, 5.41) is 17.4. The van der Waals surface area contributed by atoms with Crippen molar-refractivity contribution in [1.29, 1.82) is 0 Å². The van der Waals surface area contributed by atoms with Crippen molar-refractivity contribution in [3.63, 3.8) is 0 Å². The lowest BCUT2D eigenvalue weighted by Crippen LogP contribution is -2.39. The smallest absolute Gasteiger partial charge is 0.304 e. The Bertz CT molecular complexity index is 1790. The van der Waals surface area contributed by atoms with Crippen LogP contribution in [-0.2, 0) is 21.4 Å². The summed E-state index contributed by atoms with van der Waals surface area (Å²) in [6.45, 7) is 4.78. The van der Waals surface area contributed by atoms with Gasteiger partial charge in [0, 0.05) is 44.0 Å². The van der Waals surface area contributed by atoms with E-state index in [0.717, 1.165) is 30.5 Å². The second-order valence-electron chi connectivity index (χ2n) is 10.9. The number of carbonyl (C=O) groups is 1. The lowest BCUT2D eigenvalue weighted by Gasteiger charge is -2.26. The summed E-state index contributed by atoms with van der Waals surface area (Å²) in [4.78, 5) is 18.7. The maximum atomic E-state index is 13.9. The van der Waals surface area contributed by atoms with Crippen LogP contribution < -0.4 is 4.90 Å². The molecule has 13 heteroatoms. The zero-order chi connectivity index (χ0) is 29.8. The fraction of sp³-hybridized carbons (Fsp3) is 0.379. The van der Waals surface area contributed by atoms with Gasteiger partial charge in [-0.25, -0.2) is 22.2 Å². The maximum absolute atomic E-state index is 13.9. The largest absolute Gasteiger partial charge is 0.481 e. The minimum Gasteiger partial charge on any atom is -0.481 e. The molecular formula is C29H30F2N6O4S. The number of anilines is 1. The summed E-state index contributed by atoms with van der Waals surface area (Å²) in [6.07, 6.45) is 1.80. The van der Waals surface area contributed by atoms with E-state index in [1.165, 1.54) is 14.9 Å². The number of aliphatic carboxylic acids is 1. The molecule has 2 aliphatic heterocycles. The van der Waals surface area contributed by atoms with Crippen LogP contribution in [0.25, 0.3) is 5.65 Å². The molecule has 220 valence electrons. The first-order chi connectivity index (χ1) is 20.1. The van der Waals surface area contributed by atoms with Crippen LogP contribution in [0.5, 0.6) is 0 Å². The molecule has 0 bridgehead atoms. The van der Waals surface area contributed by atoms with Crippen molar-refractivity contribution >= 4 is 27.5 Å². The van der Waals surface area contributed by atoms with Crippen LogP contribution in [0.1, 0.15) is 65.2 Å². The second kappa shape index (κ2) is 10.7. The van der Waals surface area contributed by atoms with Crippen molar-refractivity contribution in [3.8, 4) is 0 Å². The SMILES string of the molecule is Cc1ccc([C@@H](CC(=O)O)c2ccn3c(C(F)F)nnc3c2C)cc1CN1C[C@H]2CCCN2c2ncccc2S1(=O)=O. The topological polar surface area (TPSA) is 121 Å². The van der Waals surface area contributed by atoms with Gasteiger partial charge in [-0.15, -0.1) is 10.2 Å². The van der Waals surface area contributed by atoms with E-state index in [-0.39, 0.29) is 29.6 Å². The van der Waals surface area contributed by atoms with Crippen molar-refractivity contribution in [1.82, 2.24) is 23.9 Å². The molecule has 1 aromatic carbocycles. The van der Waals surface area contributed by atoms with Gasteiger partial charge in [0.1, 0.15) is 10.7 Å². The Morgan fingerprint density at radius 3 is 2.74 bits per heavy atom. The summed E-state index contributed by atoms with van der Waals surface area (Å²) in [7, 11) is -3.86. The number of halogens is 2. The first kappa shape index (κ1) is 28.2. The Balaban J connectivity index is 1.40. The van der Waals surface area contributed by atoms with Gasteiger partial charge >= 0.3 is 5.97 Å². The van der Waals surface area contributed by atoms with Crippen LogP contribution in [0, 0.1) is 13.8 Å². The molecule has 0 radical (unpaired) electrons. The van der Waals surface area contributed by atoms with E-state index in [2.05, 4.69) is 20.1 Å². The Labute approximate surface area is 241 Å². The Morgan fingerprint density at radius 1 is 1.17 bits per heavy atom. The van der Waals surface area contributed by atoms with Crippen LogP contribution in [0.4, 0.5) is 14.6 Å². The Morgan fingerprint density at radius 2 is 1.98 bits per heavy atom. The molecule has 5 heterocycles. The minimum atomic E-state index is -3.86. The second-order valence-corrected chi connectivity index (χ2v) is 12.8. The van der Waals surface area contributed by atoms with Crippen LogP contribution in [0.3, 0.4) is 0 Å². The van der Waals surface area contributed by atoms with Crippen molar-refractivity contribution < 1.29 is 27.1 Å². The van der Waals surface area contributed by atoms with E-state index in [1.54, 1.807) is 31.3 Å². The van der Waals surface area contributed by atoms with E-state index in [0.29, 0.717) is 29.1 Å². The van der Waals surface area contributed by atoms with Crippen LogP contribution in [-0.4, -0.2) is 62.5 Å². The predicted octanol–water partition coefficient (Wildman–Crippen LogP) is 4.46. The summed E-state index contributed by atoms with van der Waals surface area (Å²) in [5.74, 6) is -1.65. The van der Waals surface area contributed by atoms with Crippen molar-refractivity contribution in [2.75, 3.05) is 18.0 Å². The third kappa shape index (κ3) is 4.79. The number of alkyl halides is 2. The highest BCUT2D eigenvalue weighted by Crippen LogP contribution is 2.38. The number of benzene rings is 1. The lowest BCUT2D eigenvalue weighted by atomic mass is 9.85. The number of fused-ring (bicyclic) bond motifs is 4. The van der Waals surface area contributed by atoms with Crippen molar-refractivity contribution in [3.05, 3.63) is 82.4 Å². The van der Waals surface area contributed by atoms with Crippen LogP contribution >= 0.6 is 0 Å². The van der Waals surface area contributed by atoms with Gasteiger partial charge in [0.05, 0.1) is 6.42 Å². The van der Waals surface area contributed by atoms with Gasteiger partial charge in [-0.1, -0.05) is 18.2 Å². The van der Waals surface area contributed by atoms with Gasteiger partial charge in [0.15, 0.2) is 5.65 Å². The molecule has 0 saturated carbocycles. The van der Waals surface area contributed by atoms with Crippen molar-refractivity contribution in [2.45, 2.75) is 62.9 Å². The van der Waals surface area contributed by atoms with Gasteiger partial charge < -0.3 is 10.0 Å². The highest BCUT2D eigenvalue weighted by Gasteiger charge is 2.40. The Kier molecular flexibility index (Phi) is 7.17. The van der Waals surface area contributed by atoms with Crippen LogP contribution in [0.2, 0.25) is 0 Å². The fourth-order valence-corrected chi connectivity index (χ4v) is 7.82. The summed E-state index contributed by atoms with van der Waals surface area (Å²) < 4.78 is 57.3. The van der Waals surface area contributed by atoms with Gasteiger partial charge in [-0.3, -0.25) is 9.20 Å². The number of pyridine rings is 2. The zero-order valence-electron chi connectivity index (χ0n) is 23.1. The third-order valence-electron chi connectivity index (χ3n) is 8.40. The molecule has 0 amide bonds. The average molecular weight is 597 g/mol. The van der Waals surface area contributed by atoms with Gasteiger partial charge in [-0.05, 0) is 72.7 Å². The predicted molar refractivity (Wildman–Crippen MR) is 150 cm³/mol. The quantitative estimate of drug-likeness (QED) is 0.332. The normalized spacial score (nSPS) is 19.1. The molecule has 0 unspecified atom stereocenters. The molecule has 3 aromatic heterocycles.